The van der Waals surface area contributed by atoms with E-state index in [1.54, 1.807) is 11.0 Å². The van der Waals surface area contributed by atoms with Gasteiger partial charge in [-0.15, -0.1) is 6.58 Å². The molecule has 5 rings (SSSR count). The van der Waals surface area contributed by atoms with Crippen LogP contribution in [0.3, 0.4) is 0 Å². The van der Waals surface area contributed by atoms with E-state index in [4.69, 9.17) is 4.74 Å². The van der Waals surface area contributed by atoms with Gasteiger partial charge in [-0.25, -0.2) is 0 Å². The van der Waals surface area contributed by atoms with Crippen molar-refractivity contribution in [2.75, 3.05) is 6.54 Å². The number of carbonyl (C=O) groups excluding carboxylic acids is 3. The molecule has 0 radical (unpaired) electrons. The minimum absolute atomic E-state index is 0.114. The Hall–Kier alpha value is -2.15. The van der Waals surface area contributed by atoms with E-state index in [1.807, 2.05) is 12.2 Å². The lowest BCUT2D eigenvalue weighted by atomic mass is 9.74. The summed E-state index contributed by atoms with van der Waals surface area (Å²) in [7, 11) is 0. The number of nitrogens with zero attached hydrogens (tertiary/aromatic N) is 1. The van der Waals surface area contributed by atoms with Crippen molar-refractivity contribution >= 4 is 17.7 Å². The van der Waals surface area contributed by atoms with Gasteiger partial charge in [-0.05, 0) is 25.7 Å². The van der Waals surface area contributed by atoms with E-state index in [-0.39, 0.29) is 36.3 Å². The third-order valence-electron chi connectivity index (χ3n) is 7.90. The van der Waals surface area contributed by atoms with Crippen LogP contribution in [0, 0.1) is 11.8 Å². The number of rotatable bonds is 6. The van der Waals surface area contributed by atoms with E-state index in [0.717, 1.165) is 51.4 Å². The molecule has 0 aromatic heterocycles. The highest BCUT2D eigenvalue weighted by atomic mass is 16.5. The van der Waals surface area contributed by atoms with Crippen LogP contribution in [0.1, 0.15) is 57.8 Å². The fourth-order valence-corrected chi connectivity index (χ4v) is 6.50. The quantitative estimate of drug-likeness (QED) is 0.633. The second-order valence-corrected chi connectivity index (χ2v) is 9.81. The molecule has 0 aromatic carbocycles. The summed E-state index contributed by atoms with van der Waals surface area (Å²) >= 11 is 0. The summed E-state index contributed by atoms with van der Waals surface area (Å²) in [5.74, 6) is -1.72. The molecule has 2 aliphatic carbocycles. The van der Waals surface area contributed by atoms with Gasteiger partial charge in [0.15, 0.2) is 0 Å². The van der Waals surface area contributed by atoms with Crippen molar-refractivity contribution in [3.8, 4) is 0 Å². The van der Waals surface area contributed by atoms with Crippen LogP contribution in [0.2, 0.25) is 0 Å². The van der Waals surface area contributed by atoms with E-state index >= 15 is 0 Å². The van der Waals surface area contributed by atoms with Gasteiger partial charge in [0, 0.05) is 18.6 Å². The van der Waals surface area contributed by atoms with Gasteiger partial charge in [0.2, 0.25) is 17.7 Å². The highest BCUT2D eigenvalue weighted by Crippen LogP contribution is 2.55. The normalized spacial score (nSPS) is 37.3. The van der Waals surface area contributed by atoms with E-state index < -0.39 is 29.6 Å². The predicted octanol–water partition coefficient (Wildman–Crippen LogP) is 1.83. The number of fused-ring (bicyclic) bond motifs is 1. The molecular weight excluding hydrogens is 394 g/mol. The van der Waals surface area contributed by atoms with Crippen LogP contribution in [-0.4, -0.2) is 59.0 Å². The molecule has 7 heteroatoms. The van der Waals surface area contributed by atoms with Crippen LogP contribution < -0.4 is 10.6 Å². The first kappa shape index (κ1) is 20.7. The molecule has 2 bridgehead atoms. The van der Waals surface area contributed by atoms with E-state index in [1.165, 1.54) is 6.42 Å². The lowest BCUT2D eigenvalue weighted by Crippen LogP contribution is -2.56. The maximum absolute atomic E-state index is 13.5. The topological polar surface area (TPSA) is 87.7 Å². The molecule has 5 aliphatic rings. The van der Waals surface area contributed by atoms with Crippen molar-refractivity contribution < 1.29 is 19.1 Å². The second-order valence-electron chi connectivity index (χ2n) is 9.81. The lowest BCUT2D eigenvalue weighted by Gasteiger charge is -2.32. The van der Waals surface area contributed by atoms with Gasteiger partial charge >= 0.3 is 0 Å². The maximum Gasteiger partial charge on any atom is 0.246 e. The Kier molecular flexibility index (Phi) is 5.40. The Morgan fingerprint density at radius 3 is 2.32 bits per heavy atom. The number of carbonyl (C=O) groups is 3. The first-order chi connectivity index (χ1) is 15.0. The monoisotopic (exact) mass is 427 g/mol. The number of nitrogens with one attached hydrogen (secondary N) is 2. The SMILES string of the molecule is C=CCN1C(=O)[C@H]2[C@@H](C(=O)NC3CCCCC3)[C@H]3C=C[C@@]2(O3)[C@@H]1C(=O)NC1CCCC1. The zero-order valence-corrected chi connectivity index (χ0v) is 18.1. The summed E-state index contributed by atoms with van der Waals surface area (Å²) in [6.07, 6.45) is 14.5. The highest BCUT2D eigenvalue weighted by molar-refractivity contribution is 6.00. The molecule has 2 N–H and O–H groups in total. The van der Waals surface area contributed by atoms with E-state index in [2.05, 4.69) is 17.2 Å². The molecule has 4 fully saturated rings. The Bertz CT molecular complexity index is 799. The number of hydrogen-bond acceptors (Lipinski definition) is 4. The summed E-state index contributed by atoms with van der Waals surface area (Å²) in [5.41, 5.74) is -1.07. The summed E-state index contributed by atoms with van der Waals surface area (Å²) in [6.45, 7) is 4.04. The van der Waals surface area contributed by atoms with Crippen molar-refractivity contribution in [2.45, 2.75) is 87.6 Å². The number of ether oxygens (including phenoxy) is 1. The summed E-state index contributed by atoms with van der Waals surface area (Å²) in [5, 5.41) is 6.33. The van der Waals surface area contributed by atoms with Crippen LogP contribution >= 0.6 is 0 Å². The lowest BCUT2D eigenvalue weighted by molar-refractivity contribution is -0.141. The van der Waals surface area contributed by atoms with Gasteiger partial charge in [0.1, 0.15) is 11.6 Å². The Balaban J connectivity index is 1.40. The van der Waals surface area contributed by atoms with Crippen LogP contribution in [0.5, 0.6) is 0 Å². The van der Waals surface area contributed by atoms with Crippen molar-refractivity contribution in [1.82, 2.24) is 15.5 Å². The van der Waals surface area contributed by atoms with Crippen LogP contribution in [0.15, 0.2) is 24.8 Å². The fourth-order valence-electron chi connectivity index (χ4n) is 6.50. The van der Waals surface area contributed by atoms with Gasteiger partial charge in [-0.2, -0.15) is 0 Å². The molecular formula is C24H33N3O4. The highest BCUT2D eigenvalue weighted by Gasteiger charge is 2.72. The van der Waals surface area contributed by atoms with Crippen molar-refractivity contribution in [3.05, 3.63) is 24.8 Å². The maximum atomic E-state index is 13.5. The van der Waals surface area contributed by atoms with E-state index in [9.17, 15) is 14.4 Å². The van der Waals surface area contributed by atoms with Crippen molar-refractivity contribution in [2.24, 2.45) is 11.8 Å². The molecule has 2 saturated heterocycles. The Morgan fingerprint density at radius 2 is 1.68 bits per heavy atom. The molecule has 0 aromatic rings. The first-order valence-corrected chi connectivity index (χ1v) is 11.9. The van der Waals surface area contributed by atoms with Crippen LogP contribution in [0.25, 0.3) is 0 Å². The summed E-state index contributed by atoms with van der Waals surface area (Å²) in [4.78, 5) is 41.8. The van der Waals surface area contributed by atoms with Crippen molar-refractivity contribution in [3.63, 3.8) is 0 Å². The summed E-state index contributed by atoms with van der Waals surface area (Å²) < 4.78 is 6.32. The first-order valence-electron chi connectivity index (χ1n) is 11.9. The predicted molar refractivity (Wildman–Crippen MR) is 115 cm³/mol. The average molecular weight is 428 g/mol. The van der Waals surface area contributed by atoms with Gasteiger partial charge in [-0.3, -0.25) is 14.4 Å². The number of hydrogen-bond donors (Lipinski definition) is 2. The average Bonchev–Trinajstić information content (AvgIpc) is 3.52. The Morgan fingerprint density at radius 1 is 1.06 bits per heavy atom. The second kappa shape index (κ2) is 8.08. The third-order valence-corrected chi connectivity index (χ3v) is 7.90. The minimum atomic E-state index is -1.07. The number of amides is 3. The van der Waals surface area contributed by atoms with Gasteiger partial charge in [0.05, 0.1) is 17.9 Å². The van der Waals surface area contributed by atoms with Crippen molar-refractivity contribution in [1.29, 1.82) is 0 Å². The molecule has 3 heterocycles. The van der Waals surface area contributed by atoms with Crippen LogP contribution in [0.4, 0.5) is 0 Å². The zero-order valence-electron chi connectivity index (χ0n) is 18.1. The van der Waals surface area contributed by atoms with Gasteiger partial charge in [-0.1, -0.05) is 50.3 Å². The largest absolute Gasteiger partial charge is 0.359 e. The summed E-state index contributed by atoms with van der Waals surface area (Å²) in [6, 6.07) is -0.448. The van der Waals surface area contributed by atoms with Crippen LogP contribution in [-0.2, 0) is 19.1 Å². The van der Waals surface area contributed by atoms with E-state index in [0.29, 0.717) is 0 Å². The smallest absolute Gasteiger partial charge is 0.246 e. The molecule has 1 spiro atoms. The Labute approximate surface area is 183 Å². The zero-order chi connectivity index (χ0) is 21.6. The number of likely N-dealkylation sites (tertiary alicyclic amines) is 1. The molecule has 168 valence electrons. The van der Waals surface area contributed by atoms with Gasteiger partial charge in [0.25, 0.3) is 0 Å². The standard InChI is InChI=1S/C24H33N3O4/c1-2-14-27-20(22(29)26-16-10-6-7-11-16)24-13-12-17(31-24)18(19(24)23(27)30)21(28)25-15-8-4-3-5-9-15/h2,12-13,15-20H,1,3-11,14H2,(H,25,28)(H,26,29)/t17-,18+,19-,20+,24+/m1/s1. The molecule has 3 amide bonds. The third kappa shape index (κ3) is 3.32. The molecule has 0 unspecified atom stereocenters. The molecule has 2 saturated carbocycles. The fraction of sp³-hybridized carbons (Fsp3) is 0.708. The molecule has 3 aliphatic heterocycles. The van der Waals surface area contributed by atoms with Gasteiger partial charge < -0.3 is 20.3 Å². The molecule has 7 nitrogen and oxygen atoms in total. The molecule has 5 atom stereocenters. The molecule has 31 heavy (non-hydrogen) atoms. The minimum Gasteiger partial charge on any atom is -0.359 e.